The van der Waals surface area contributed by atoms with Crippen LogP contribution in [-0.4, -0.2) is 29.3 Å². The standard InChI is InChI=1S/C16H15F2N7/c1-9(22-13-10-7-21-24(2)15(10)20-8-19-13)14-23-11-5-3-4-6-12(11)25(14)16(17)18/h3-9,16H,1-2H3,(H,19,20,22)/t9-/m1/s1. The zero-order valence-corrected chi connectivity index (χ0v) is 13.6. The van der Waals surface area contributed by atoms with E-state index < -0.39 is 12.6 Å². The Morgan fingerprint density at radius 1 is 1.16 bits per heavy atom. The Bertz CT molecular complexity index is 1050. The summed E-state index contributed by atoms with van der Waals surface area (Å²) in [6.45, 7) is -0.917. The van der Waals surface area contributed by atoms with Crippen LogP contribution in [0, 0.1) is 0 Å². The summed E-state index contributed by atoms with van der Waals surface area (Å²) in [6, 6.07) is 6.36. The predicted molar refractivity (Wildman–Crippen MR) is 89.3 cm³/mol. The van der Waals surface area contributed by atoms with Crippen LogP contribution in [0.15, 0.2) is 36.8 Å². The fourth-order valence-corrected chi connectivity index (χ4v) is 2.92. The molecule has 1 N–H and O–H groups in total. The van der Waals surface area contributed by atoms with Crippen molar-refractivity contribution in [2.75, 3.05) is 5.32 Å². The highest BCUT2D eigenvalue weighted by Gasteiger charge is 2.22. The van der Waals surface area contributed by atoms with Gasteiger partial charge in [-0.05, 0) is 19.1 Å². The molecule has 4 rings (SSSR count). The van der Waals surface area contributed by atoms with Gasteiger partial charge >= 0.3 is 6.55 Å². The number of anilines is 1. The van der Waals surface area contributed by atoms with E-state index >= 15 is 0 Å². The molecule has 0 radical (unpaired) electrons. The number of para-hydroxylation sites is 2. The highest BCUT2D eigenvalue weighted by Crippen LogP contribution is 2.29. The van der Waals surface area contributed by atoms with Gasteiger partial charge in [-0.2, -0.15) is 13.9 Å². The first-order valence-corrected chi connectivity index (χ1v) is 7.70. The van der Waals surface area contributed by atoms with Gasteiger partial charge in [0.1, 0.15) is 18.0 Å². The number of hydrogen-bond acceptors (Lipinski definition) is 5. The first-order chi connectivity index (χ1) is 12.1. The molecule has 0 spiro atoms. The van der Waals surface area contributed by atoms with Crippen LogP contribution in [0.3, 0.4) is 0 Å². The minimum absolute atomic E-state index is 0.242. The third kappa shape index (κ3) is 2.48. The van der Waals surface area contributed by atoms with Crippen molar-refractivity contribution in [2.45, 2.75) is 19.5 Å². The molecule has 9 heteroatoms. The maximum absolute atomic E-state index is 13.6. The lowest BCUT2D eigenvalue weighted by Gasteiger charge is -2.16. The smallest absolute Gasteiger partial charge is 0.320 e. The number of hydrogen-bond donors (Lipinski definition) is 1. The summed E-state index contributed by atoms with van der Waals surface area (Å²) in [5, 5.41) is 8.02. The molecule has 0 aliphatic rings. The van der Waals surface area contributed by atoms with Crippen LogP contribution in [-0.2, 0) is 7.05 Å². The lowest BCUT2D eigenvalue weighted by molar-refractivity contribution is 0.0708. The summed E-state index contributed by atoms with van der Waals surface area (Å²) in [6.07, 6.45) is 3.05. The third-order valence-corrected chi connectivity index (χ3v) is 4.09. The summed E-state index contributed by atoms with van der Waals surface area (Å²) >= 11 is 0. The molecule has 0 amide bonds. The molecule has 1 aromatic carbocycles. The normalized spacial score (nSPS) is 13.0. The fourth-order valence-electron chi connectivity index (χ4n) is 2.92. The molecule has 0 saturated carbocycles. The number of halogens is 2. The van der Waals surface area contributed by atoms with Crippen LogP contribution >= 0.6 is 0 Å². The van der Waals surface area contributed by atoms with Crippen molar-refractivity contribution in [1.29, 1.82) is 0 Å². The number of aryl methyl sites for hydroxylation is 1. The van der Waals surface area contributed by atoms with Crippen molar-refractivity contribution in [3.05, 3.63) is 42.6 Å². The minimum atomic E-state index is -2.68. The lowest BCUT2D eigenvalue weighted by atomic mass is 10.3. The molecule has 4 aromatic rings. The maximum Gasteiger partial charge on any atom is 0.320 e. The van der Waals surface area contributed by atoms with Crippen LogP contribution in [0.2, 0.25) is 0 Å². The van der Waals surface area contributed by atoms with E-state index in [1.54, 1.807) is 49.1 Å². The number of nitrogens with zero attached hydrogens (tertiary/aromatic N) is 6. The van der Waals surface area contributed by atoms with Crippen molar-refractivity contribution < 1.29 is 8.78 Å². The van der Waals surface area contributed by atoms with Crippen molar-refractivity contribution >= 4 is 27.9 Å². The number of fused-ring (bicyclic) bond motifs is 2. The van der Waals surface area contributed by atoms with Gasteiger partial charge < -0.3 is 5.32 Å². The van der Waals surface area contributed by atoms with Crippen molar-refractivity contribution in [1.82, 2.24) is 29.3 Å². The van der Waals surface area contributed by atoms with Gasteiger partial charge in [-0.25, -0.2) is 15.0 Å². The van der Waals surface area contributed by atoms with Crippen LogP contribution in [0.5, 0.6) is 0 Å². The quantitative estimate of drug-likeness (QED) is 0.615. The number of rotatable bonds is 4. The van der Waals surface area contributed by atoms with Crippen LogP contribution in [0.4, 0.5) is 14.6 Å². The average Bonchev–Trinajstić information content (AvgIpc) is 3.17. The van der Waals surface area contributed by atoms with Crippen LogP contribution in [0.1, 0.15) is 25.3 Å². The van der Waals surface area contributed by atoms with Crippen molar-refractivity contribution in [3.8, 4) is 0 Å². The second kappa shape index (κ2) is 5.76. The van der Waals surface area contributed by atoms with E-state index in [9.17, 15) is 8.78 Å². The largest absolute Gasteiger partial charge is 0.360 e. The summed E-state index contributed by atoms with van der Waals surface area (Å²) < 4.78 is 29.8. The zero-order chi connectivity index (χ0) is 17.6. The monoisotopic (exact) mass is 343 g/mol. The molecule has 3 aromatic heterocycles. The lowest BCUT2D eigenvalue weighted by Crippen LogP contribution is -2.15. The molecule has 128 valence electrons. The Morgan fingerprint density at radius 2 is 1.96 bits per heavy atom. The van der Waals surface area contributed by atoms with E-state index in [-0.39, 0.29) is 5.82 Å². The molecule has 0 saturated heterocycles. The van der Waals surface area contributed by atoms with Gasteiger partial charge in [-0.15, -0.1) is 0 Å². The summed E-state index contributed by atoms with van der Waals surface area (Å²) in [7, 11) is 1.78. The molecule has 1 atom stereocenters. The Kier molecular flexibility index (Phi) is 3.56. The maximum atomic E-state index is 13.6. The Hall–Kier alpha value is -3.10. The van der Waals surface area contributed by atoms with Gasteiger partial charge in [0.25, 0.3) is 0 Å². The molecule has 25 heavy (non-hydrogen) atoms. The van der Waals surface area contributed by atoms with Crippen LogP contribution in [0.25, 0.3) is 22.1 Å². The second-order valence-corrected chi connectivity index (χ2v) is 5.70. The summed E-state index contributed by atoms with van der Waals surface area (Å²) in [5.74, 6) is 0.769. The van der Waals surface area contributed by atoms with Gasteiger partial charge in [-0.3, -0.25) is 9.25 Å². The number of imidazole rings is 1. The van der Waals surface area contributed by atoms with E-state index in [2.05, 4.69) is 25.4 Å². The summed E-state index contributed by atoms with van der Waals surface area (Å²) in [5.41, 5.74) is 1.59. The molecule has 7 nitrogen and oxygen atoms in total. The summed E-state index contributed by atoms with van der Waals surface area (Å²) in [4.78, 5) is 12.8. The molecule has 0 bridgehead atoms. The van der Waals surface area contributed by atoms with E-state index in [0.717, 1.165) is 9.95 Å². The van der Waals surface area contributed by atoms with E-state index in [0.29, 0.717) is 22.5 Å². The van der Waals surface area contributed by atoms with Gasteiger partial charge in [0.05, 0.1) is 28.7 Å². The number of nitrogens with one attached hydrogen (secondary N) is 1. The van der Waals surface area contributed by atoms with Gasteiger partial charge in [-0.1, -0.05) is 12.1 Å². The van der Waals surface area contributed by atoms with Gasteiger partial charge in [0.2, 0.25) is 0 Å². The van der Waals surface area contributed by atoms with Gasteiger partial charge in [0, 0.05) is 7.05 Å². The molecule has 0 fully saturated rings. The Morgan fingerprint density at radius 3 is 2.76 bits per heavy atom. The zero-order valence-electron chi connectivity index (χ0n) is 13.6. The van der Waals surface area contributed by atoms with E-state index in [1.165, 1.54) is 6.33 Å². The Labute approximate surface area is 141 Å². The van der Waals surface area contributed by atoms with Crippen molar-refractivity contribution in [2.24, 2.45) is 7.05 Å². The molecular formula is C16H15F2N7. The predicted octanol–water partition coefficient (Wildman–Crippen LogP) is 3.28. The highest BCUT2D eigenvalue weighted by atomic mass is 19.3. The fraction of sp³-hybridized carbons (Fsp3) is 0.250. The minimum Gasteiger partial charge on any atom is -0.360 e. The number of alkyl halides is 2. The molecular weight excluding hydrogens is 328 g/mol. The molecule has 3 heterocycles. The molecule has 0 aliphatic carbocycles. The highest BCUT2D eigenvalue weighted by molar-refractivity contribution is 5.86. The molecule has 0 unspecified atom stereocenters. The number of aromatic nitrogens is 6. The topological polar surface area (TPSA) is 73.5 Å². The SMILES string of the molecule is C[C@@H](Nc1ncnc2c1cnn2C)c1nc2ccccc2n1C(F)F. The van der Waals surface area contributed by atoms with Crippen molar-refractivity contribution in [3.63, 3.8) is 0 Å². The second-order valence-electron chi connectivity index (χ2n) is 5.70. The van der Waals surface area contributed by atoms with E-state index in [4.69, 9.17) is 0 Å². The first kappa shape index (κ1) is 15.4. The Balaban J connectivity index is 1.77. The third-order valence-electron chi connectivity index (χ3n) is 4.09. The molecule has 0 aliphatic heterocycles. The van der Waals surface area contributed by atoms with Gasteiger partial charge in [0.15, 0.2) is 5.65 Å². The number of benzene rings is 1. The average molecular weight is 343 g/mol. The first-order valence-electron chi connectivity index (χ1n) is 7.70. The van der Waals surface area contributed by atoms with E-state index in [1.807, 2.05) is 0 Å². The van der Waals surface area contributed by atoms with Crippen LogP contribution < -0.4 is 5.32 Å².